The molecule has 2 rings (SSSR count). The molecule has 2 aromatic rings. The van der Waals surface area contributed by atoms with Crippen molar-refractivity contribution in [3.8, 4) is 0 Å². The minimum Gasteiger partial charge on any atom is -0.469 e. The molecule has 0 spiro atoms. The van der Waals surface area contributed by atoms with Crippen LogP contribution in [0.3, 0.4) is 0 Å². The number of thiocarbonyl (C=S) groups is 1. The fourth-order valence-corrected chi connectivity index (χ4v) is 2.19. The maximum Gasteiger partial charge on any atom is 0.135 e. The Kier molecular flexibility index (Phi) is 3.85. The van der Waals surface area contributed by atoms with E-state index >= 15 is 0 Å². The third-order valence-corrected chi connectivity index (χ3v) is 3.23. The average Bonchev–Trinajstić information content (AvgIpc) is 2.74. The number of benzene rings is 1. The molecule has 0 saturated heterocycles. The summed E-state index contributed by atoms with van der Waals surface area (Å²) in [6.45, 7) is 2.49. The predicted octanol–water partition coefficient (Wildman–Crippen LogP) is 3.00. The maximum atomic E-state index is 13.8. The largest absolute Gasteiger partial charge is 0.469 e. The quantitative estimate of drug-likeness (QED) is 0.873. The first kappa shape index (κ1) is 13.5. The minimum absolute atomic E-state index is 0.0591. The van der Waals surface area contributed by atoms with Gasteiger partial charge in [0.05, 0.1) is 11.8 Å². The highest BCUT2D eigenvalue weighted by Gasteiger charge is 2.15. The van der Waals surface area contributed by atoms with Crippen LogP contribution in [-0.2, 0) is 6.54 Å². The number of furan rings is 1. The average molecular weight is 278 g/mol. The number of aryl methyl sites for hydroxylation is 1. The summed E-state index contributed by atoms with van der Waals surface area (Å²) in [5, 5.41) is 0. The van der Waals surface area contributed by atoms with Crippen LogP contribution in [0.25, 0.3) is 0 Å². The van der Waals surface area contributed by atoms with Gasteiger partial charge < -0.3 is 15.1 Å². The van der Waals surface area contributed by atoms with Crippen molar-refractivity contribution in [2.75, 3.05) is 11.9 Å². The smallest absolute Gasteiger partial charge is 0.135 e. The van der Waals surface area contributed by atoms with Crippen LogP contribution in [0.1, 0.15) is 16.9 Å². The highest BCUT2D eigenvalue weighted by Crippen LogP contribution is 2.24. The number of hydrogen-bond donors (Lipinski definition) is 1. The summed E-state index contributed by atoms with van der Waals surface area (Å²) in [7, 11) is 1.86. The molecular weight excluding hydrogens is 263 g/mol. The highest BCUT2D eigenvalue weighted by molar-refractivity contribution is 7.80. The number of rotatable bonds is 4. The first-order valence-corrected chi connectivity index (χ1v) is 6.24. The van der Waals surface area contributed by atoms with E-state index in [0.29, 0.717) is 12.2 Å². The van der Waals surface area contributed by atoms with Gasteiger partial charge in [0, 0.05) is 24.8 Å². The van der Waals surface area contributed by atoms with Gasteiger partial charge in [-0.05, 0) is 25.1 Å². The van der Waals surface area contributed by atoms with Crippen molar-refractivity contribution in [1.82, 2.24) is 0 Å². The van der Waals surface area contributed by atoms with Crippen molar-refractivity contribution >= 4 is 22.9 Å². The SMILES string of the molecule is Cc1occc1CN(C)c1cccc(F)c1C(N)=S. The Morgan fingerprint density at radius 1 is 1.42 bits per heavy atom. The summed E-state index contributed by atoms with van der Waals surface area (Å²) in [6, 6.07) is 6.69. The van der Waals surface area contributed by atoms with Gasteiger partial charge in [0.2, 0.25) is 0 Å². The third-order valence-electron chi connectivity index (χ3n) is 3.02. The van der Waals surface area contributed by atoms with E-state index in [1.54, 1.807) is 18.4 Å². The summed E-state index contributed by atoms with van der Waals surface area (Å²) in [5.41, 5.74) is 7.60. The molecule has 1 aromatic carbocycles. The molecule has 0 radical (unpaired) electrons. The molecule has 0 aliphatic carbocycles. The second kappa shape index (κ2) is 5.40. The summed E-state index contributed by atoms with van der Waals surface area (Å²) in [5.74, 6) is 0.445. The number of hydrogen-bond acceptors (Lipinski definition) is 3. The molecule has 0 saturated carbocycles. The van der Waals surface area contributed by atoms with Gasteiger partial charge in [0.1, 0.15) is 16.6 Å². The third kappa shape index (κ3) is 2.76. The van der Waals surface area contributed by atoms with Crippen molar-refractivity contribution in [2.45, 2.75) is 13.5 Å². The summed E-state index contributed by atoms with van der Waals surface area (Å²) >= 11 is 4.92. The van der Waals surface area contributed by atoms with Gasteiger partial charge in [-0.15, -0.1) is 0 Å². The molecule has 100 valence electrons. The van der Waals surface area contributed by atoms with Gasteiger partial charge in [0.25, 0.3) is 0 Å². The van der Waals surface area contributed by atoms with E-state index in [0.717, 1.165) is 11.3 Å². The van der Waals surface area contributed by atoms with Crippen molar-refractivity contribution in [1.29, 1.82) is 0 Å². The fourth-order valence-electron chi connectivity index (χ4n) is 1.99. The molecule has 1 heterocycles. The molecule has 2 N–H and O–H groups in total. The van der Waals surface area contributed by atoms with E-state index in [4.69, 9.17) is 22.4 Å². The van der Waals surface area contributed by atoms with Crippen LogP contribution in [-0.4, -0.2) is 12.0 Å². The maximum absolute atomic E-state index is 13.8. The first-order valence-electron chi connectivity index (χ1n) is 5.83. The number of anilines is 1. The monoisotopic (exact) mass is 278 g/mol. The van der Waals surface area contributed by atoms with Gasteiger partial charge in [-0.3, -0.25) is 0 Å². The Labute approximate surface area is 116 Å². The summed E-state index contributed by atoms with van der Waals surface area (Å²) in [4.78, 5) is 1.96. The Hall–Kier alpha value is -1.88. The molecule has 0 aliphatic heterocycles. The van der Waals surface area contributed by atoms with E-state index in [1.165, 1.54) is 6.07 Å². The van der Waals surface area contributed by atoms with Gasteiger partial charge >= 0.3 is 0 Å². The van der Waals surface area contributed by atoms with E-state index < -0.39 is 5.82 Å². The molecule has 5 heteroatoms. The van der Waals surface area contributed by atoms with Crippen molar-refractivity contribution < 1.29 is 8.81 Å². The first-order chi connectivity index (χ1) is 9.00. The Balaban J connectivity index is 2.34. The molecule has 0 unspecified atom stereocenters. The molecule has 0 amide bonds. The molecule has 3 nitrogen and oxygen atoms in total. The number of halogens is 1. The lowest BCUT2D eigenvalue weighted by atomic mass is 10.1. The van der Waals surface area contributed by atoms with Crippen LogP contribution >= 0.6 is 12.2 Å². The second-order valence-corrected chi connectivity index (χ2v) is 4.80. The molecule has 19 heavy (non-hydrogen) atoms. The van der Waals surface area contributed by atoms with Crippen LogP contribution < -0.4 is 10.6 Å². The zero-order valence-corrected chi connectivity index (χ0v) is 11.6. The highest BCUT2D eigenvalue weighted by atomic mass is 32.1. The fraction of sp³-hybridized carbons (Fsp3) is 0.214. The Morgan fingerprint density at radius 3 is 2.74 bits per heavy atom. The van der Waals surface area contributed by atoms with Gasteiger partial charge in [0.15, 0.2) is 0 Å². The van der Waals surface area contributed by atoms with E-state index in [1.807, 2.05) is 24.9 Å². The number of nitrogens with zero attached hydrogens (tertiary/aromatic N) is 1. The summed E-state index contributed by atoms with van der Waals surface area (Å²) in [6.07, 6.45) is 1.64. The Bertz CT molecular complexity index is 609. The summed E-state index contributed by atoms with van der Waals surface area (Å²) < 4.78 is 19.1. The lowest BCUT2D eigenvalue weighted by Gasteiger charge is -2.22. The van der Waals surface area contributed by atoms with Gasteiger partial charge in [-0.1, -0.05) is 18.3 Å². The van der Waals surface area contributed by atoms with Crippen LogP contribution in [0.15, 0.2) is 34.9 Å². The van der Waals surface area contributed by atoms with Crippen LogP contribution in [0, 0.1) is 12.7 Å². The van der Waals surface area contributed by atoms with E-state index in [2.05, 4.69) is 0 Å². The minimum atomic E-state index is -0.402. The second-order valence-electron chi connectivity index (χ2n) is 4.36. The molecule has 0 bridgehead atoms. The zero-order chi connectivity index (χ0) is 14.0. The number of nitrogens with two attached hydrogens (primary N) is 1. The lowest BCUT2D eigenvalue weighted by molar-refractivity contribution is 0.529. The van der Waals surface area contributed by atoms with Crippen molar-refractivity contribution in [3.63, 3.8) is 0 Å². The van der Waals surface area contributed by atoms with Crippen LogP contribution in [0.5, 0.6) is 0 Å². The van der Waals surface area contributed by atoms with Crippen molar-refractivity contribution in [2.24, 2.45) is 5.73 Å². The molecule has 0 aliphatic rings. The molecular formula is C14H15FN2OS. The Morgan fingerprint density at radius 2 is 2.16 bits per heavy atom. The molecule has 0 fully saturated rings. The van der Waals surface area contributed by atoms with Gasteiger partial charge in [-0.25, -0.2) is 4.39 Å². The standard InChI is InChI=1S/C14H15FN2OS/c1-9-10(6-7-18-9)8-17(2)12-5-3-4-11(15)13(12)14(16)19/h3-7H,8H2,1-2H3,(H2,16,19). The topological polar surface area (TPSA) is 42.4 Å². The van der Waals surface area contributed by atoms with Crippen LogP contribution in [0.2, 0.25) is 0 Å². The van der Waals surface area contributed by atoms with Gasteiger partial charge in [-0.2, -0.15) is 0 Å². The van der Waals surface area contributed by atoms with E-state index in [-0.39, 0.29) is 10.6 Å². The molecule has 0 atom stereocenters. The van der Waals surface area contributed by atoms with E-state index in [9.17, 15) is 4.39 Å². The molecule has 1 aromatic heterocycles. The predicted molar refractivity (Wildman–Crippen MR) is 77.8 cm³/mol. The van der Waals surface area contributed by atoms with Crippen LogP contribution in [0.4, 0.5) is 10.1 Å². The zero-order valence-electron chi connectivity index (χ0n) is 10.8. The lowest BCUT2D eigenvalue weighted by Crippen LogP contribution is -2.22. The normalized spacial score (nSPS) is 10.5. The van der Waals surface area contributed by atoms with Crippen molar-refractivity contribution in [3.05, 3.63) is 53.2 Å².